The van der Waals surface area contributed by atoms with Gasteiger partial charge in [0, 0.05) is 6.20 Å². The Hall–Kier alpha value is -3.72. The fraction of sp³-hybridized carbons (Fsp3) is 0.259. The summed E-state index contributed by atoms with van der Waals surface area (Å²) in [7, 11) is 0. The molecule has 4 rings (SSSR count). The highest BCUT2D eigenvalue weighted by Gasteiger charge is 2.17. The van der Waals surface area contributed by atoms with E-state index in [-0.39, 0.29) is 25.7 Å². The molecule has 0 N–H and O–H groups in total. The highest BCUT2D eigenvalue weighted by atomic mass is 79.9. The lowest BCUT2D eigenvalue weighted by Crippen LogP contribution is -2.41. The predicted octanol–water partition coefficient (Wildman–Crippen LogP) is 3.55. The van der Waals surface area contributed by atoms with Gasteiger partial charge in [0.2, 0.25) is 0 Å². The Morgan fingerprint density at radius 3 is 2.42 bits per heavy atom. The van der Waals surface area contributed by atoms with E-state index in [0.717, 1.165) is 11.1 Å². The third-order valence-electron chi connectivity index (χ3n) is 5.63. The summed E-state index contributed by atoms with van der Waals surface area (Å²) in [6.45, 7) is 2.62. The quantitative estimate of drug-likeness (QED) is 0.221. The molecule has 2 aromatic carbocycles. The minimum atomic E-state index is -0.449. The second-order valence-corrected chi connectivity index (χ2v) is 9.21. The first-order valence-corrected chi connectivity index (χ1v) is 12.5. The second kappa shape index (κ2) is 11.8. The molecule has 0 aliphatic heterocycles. The van der Waals surface area contributed by atoms with Crippen LogP contribution in [0.1, 0.15) is 18.1 Å². The van der Waals surface area contributed by atoms with Gasteiger partial charge in [-0.3, -0.25) is 18.7 Å². The number of fused-ring (bicyclic) bond motifs is 1. The van der Waals surface area contributed by atoms with Gasteiger partial charge in [-0.05, 0) is 48.7 Å². The molecule has 8 nitrogen and oxygen atoms in total. The Kier molecular flexibility index (Phi) is 8.32. The molecule has 186 valence electrons. The highest BCUT2D eigenvalue weighted by molar-refractivity contribution is 9.10. The lowest BCUT2D eigenvalue weighted by atomic mass is 10.1. The lowest BCUT2D eigenvalue weighted by molar-refractivity contribution is -0.142. The van der Waals surface area contributed by atoms with E-state index in [1.165, 1.54) is 9.13 Å². The molecule has 2 heterocycles. The first-order valence-electron chi connectivity index (χ1n) is 11.6. The standard InChI is InChI=1S/C27H26BrN3O5/c1-2-35-26(33)23(28)17-19-10-12-20(13-11-19)18-31-24-22(9-6-14-29-24)25(32)30(27(31)34)15-16-36-21-7-4-3-5-8-21/h3-14,23H,2,15-18H2,1H3. The zero-order valence-corrected chi connectivity index (χ0v) is 21.4. The van der Waals surface area contributed by atoms with Crippen LogP contribution in [-0.4, -0.2) is 38.1 Å². The first kappa shape index (κ1) is 25.4. The Labute approximate surface area is 216 Å². The van der Waals surface area contributed by atoms with E-state index in [0.29, 0.717) is 29.8 Å². The van der Waals surface area contributed by atoms with Gasteiger partial charge in [-0.1, -0.05) is 58.4 Å². The minimum Gasteiger partial charge on any atom is -0.492 e. The van der Waals surface area contributed by atoms with Crippen molar-refractivity contribution in [3.8, 4) is 5.75 Å². The van der Waals surface area contributed by atoms with Gasteiger partial charge in [0.05, 0.1) is 25.1 Å². The summed E-state index contributed by atoms with van der Waals surface area (Å²) in [4.78, 5) is 42.2. The Balaban J connectivity index is 1.57. The van der Waals surface area contributed by atoms with Gasteiger partial charge < -0.3 is 9.47 Å². The molecule has 0 fully saturated rings. The van der Waals surface area contributed by atoms with Crippen molar-refractivity contribution in [1.29, 1.82) is 0 Å². The van der Waals surface area contributed by atoms with Gasteiger partial charge in [-0.15, -0.1) is 0 Å². The number of hydrogen-bond acceptors (Lipinski definition) is 6. The van der Waals surface area contributed by atoms with Crippen LogP contribution in [0.25, 0.3) is 11.0 Å². The predicted molar refractivity (Wildman–Crippen MR) is 141 cm³/mol. The number of carbonyl (C=O) groups excluding carboxylic acids is 1. The molecule has 0 spiro atoms. The van der Waals surface area contributed by atoms with Crippen LogP contribution in [0.4, 0.5) is 0 Å². The minimum absolute atomic E-state index is 0.108. The number of hydrogen-bond donors (Lipinski definition) is 0. The van der Waals surface area contributed by atoms with Gasteiger partial charge in [-0.2, -0.15) is 0 Å². The van der Waals surface area contributed by atoms with Gasteiger partial charge >= 0.3 is 11.7 Å². The number of aromatic nitrogens is 3. The summed E-state index contributed by atoms with van der Waals surface area (Å²) in [5.74, 6) is 0.367. The Bertz CT molecular complexity index is 1450. The summed E-state index contributed by atoms with van der Waals surface area (Å²) in [5.41, 5.74) is 1.30. The van der Waals surface area contributed by atoms with E-state index in [9.17, 15) is 14.4 Å². The SMILES string of the molecule is CCOC(=O)C(Br)Cc1ccc(Cn2c(=O)n(CCOc3ccccc3)c(=O)c3cccnc32)cc1. The van der Waals surface area contributed by atoms with E-state index in [2.05, 4.69) is 20.9 Å². The number of ether oxygens (including phenoxy) is 2. The van der Waals surface area contributed by atoms with Crippen molar-refractivity contribution in [2.45, 2.75) is 31.3 Å². The molecular weight excluding hydrogens is 526 g/mol. The monoisotopic (exact) mass is 551 g/mol. The fourth-order valence-corrected chi connectivity index (χ4v) is 4.35. The third kappa shape index (κ3) is 5.91. The fourth-order valence-electron chi connectivity index (χ4n) is 3.85. The number of carbonyl (C=O) groups is 1. The van der Waals surface area contributed by atoms with Crippen LogP contribution in [0.15, 0.2) is 82.5 Å². The van der Waals surface area contributed by atoms with Crippen LogP contribution < -0.4 is 16.0 Å². The maximum atomic E-state index is 13.4. The molecule has 0 amide bonds. The molecule has 0 bridgehead atoms. The van der Waals surface area contributed by atoms with Crippen molar-refractivity contribution in [1.82, 2.24) is 14.1 Å². The number of esters is 1. The number of halogens is 1. The van der Waals surface area contributed by atoms with Gasteiger partial charge in [0.25, 0.3) is 5.56 Å². The van der Waals surface area contributed by atoms with E-state index >= 15 is 0 Å². The smallest absolute Gasteiger partial charge is 0.333 e. The third-order valence-corrected chi connectivity index (χ3v) is 6.33. The topological polar surface area (TPSA) is 92.4 Å². The maximum absolute atomic E-state index is 13.4. The molecule has 0 aliphatic rings. The molecule has 0 aliphatic carbocycles. The van der Waals surface area contributed by atoms with Crippen LogP contribution in [0, 0.1) is 0 Å². The van der Waals surface area contributed by atoms with Crippen molar-refractivity contribution < 1.29 is 14.3 Å². The number of benzene rings is 2. The van der Waals surface area contributed by atoms with Crippen molar-refractivity contribution in [3.05, 3.63) is 105 Å². The summed E-state index contributed by atoms with van der Waals surface area (Å²) >= 11 is 3.37. The summed E-state index contributed by atoms with van der Waals surface area (Å²) in [6.07, 6.45) is 2.05. The first-order chi connectivity index (χ1) is 17.5. The normalized spacial score (nSPS) is 11.8. The zero-order valence-electron chi connectivity index (χ0n) is 19.8. The number of nitrogens with zero attached hydrogens (tertiary/aromatic N) is 3. The molecule has 0 radical (unpaired) electrons. The zero-order chi connectivity index (χ0) is 25.5. The number of rotatable bonds is 10. The summed E-state index contributed by atoms with van der Waals surface area (Å²) in [5, 5.41) is 0.366. The molecule has 1 unspecified atom stereocenters. The summed E-state index contributed by atoms with van der Waals surface area (Å²) in [6, 6.07) is 20.2. The molecular formula is C27H26BrN3O5. The summed E-state index contributed by atoms with van der Waals surface area (Å²) < 4.78 is 13.4. The van der Waals surface area contributed by atoms with Crippen LogP contribution in [0.2, 0.25) is 0 Å². The largest absolute Gasteiger partial charge is 0.492 e. The van der Waals surface area contributed by atoms with Gasteiger partial charge in [0.1, 0.15) is 22.8 Å². The highest BCUT2D eigenvalue weighted by Crippen LogP contribution is 2.15. The van der Waals surface area contributed by atoms with Gasteiger partial charge in [0.15, 0.2) is 0 Å². The maximum Gasteiger partial charge on any atom is 0.333 e. The van der Waals surface area contributed by atoms with Crippen molar-refractivity contribution in [3.63, 3.8) is 0 Å². The molecule has 2 aromatic heterocycles. The molecule has 9 heteroatoms. The van der Waals surface area contributed by atoms with Crippen molar-refractivity contribution in [2.24, 2.45) is 0 Å². The van der Waals surface area contributed by atoms with Crippen molar-refractivity contribution >= 4 is 32.9 Å². The number of pyridine rings is 1. The Morgan fingerprint density at radius 2 is 1.69 bits per heavy atom. The number of para-hydroxylation sites is 1. The molecule has 0 saturated heterocycles. The van der Waals surface area contributed by atoms with E-state index in [4.69, 9.17) is 9.47 Å². The van der Waals surface area contributed by atoms with Gasteiger partial charge in [-0.25, -0.2) is 9.78 Å². The molecule has 1 atom stereocenters. The van der Waals surface area contributed by atoms with E-state index in [1.54, 1.807) is 25.3 Å². The van der Waals surface area contributed by atoms with E-state index < -0.39 is 16.1 Å². The van der Waals surface area contributed by atoms with Crippen LogP contribution >= 0.6 is 15.9 Å². The number of alkyl halides is 1. The lowest BCUT2D eigenvalue weighted by Gasteiger charge is -2.14. The second-order valence-electron chi connectivity index (χ2n) is 8.10. The Morgan fingerprint density at radius 1 is 0.972 bits per heavy atom. The molecule has 36 heavy (non-hydrogen) atoms. The molecule has 4 aromatic rings. The van der Waals surface area contributed by atoms with Crippen LogP contribution in [0.5, 0.6) is 5.75 Å². The average Bonchev–Trinajstić information content (AvgIpc) is 2.90. The average molecular weight is 552 g/mol. The van der Waals surface area contributed by atoms with Crippen LogP contribution in [0.3, 0.4) is 0 Å². The van der Waals surface area contributed by atoms with E-state index in [1.807, 2.05) is 54.6 Å². The van der Waals surface area contributed by atoms with Crippen LogP contribution in [-0.2, 0) is 29.0 Å². The van der Waals surface area contributed by atoms with Crippen molar-refractivity contribution in [2.75, 3.05) is 13.2 Å². The molecule has 0 saturated carbocycles.